The van der Waals surface area contributed by atoms with Crippen LogP contribution in [0, 0.1) is 5.82 Å². The lowest BCUT2D eigenvalue weighted by Gasteiger charge is -2.08. The number of carbonyl (C=O) groups excluding carboxylic acids is 1. The van der Waals surface area contributed by atoms with Gasteiger partial charge in [0, 0.05) is 23.4 Å². The SMILES string of the molecule is O=C(N/N=C/c1cc(OC2CC2)ccc1F)c1cncc(-c2ccc(OC(F)(F)F)nc2)n1. The van der Waals surface area contributed by atoms with Crippen molar-refractivity contribution in [2.45, 2.75) is 25.3 Å². The zero-order chi connectivity index (χ0) is 23.4. The van der Waals surface area contributed by atoms with Crippen molar-refractivity contribution in [3.63, 3.8) is 0 Å². The number of carbonyl (C=O) groups is 1. The summed E-state index contributed by atoms with van der Waals surface area (Å²) in [4.78, 5) is 23.9. The number of pyridine rings is 1. The molecule has 0 bridgehead atoms. The number of rotatable bonds is 7. The number of amides is 1. The standard InChI is InChI=1S/C21H15F4N5O3/c22-16-5-4-15(32-14-2-3-14)7-13(16)9-28-30-20(31)18-11-26-10-17(29-18)12-1-6-19(27-8-12)33-21(23,24)25/h1,4-11,14H,2-3H2,(H,30,31)/b28-9+. The number of benzene rings is 1. The number of hydrogen-bond acceptors (Lipinski definition) is 7. The fraction of sp³-hybridized carbons (Fsp3) is 0.190. The van der Waals surface area contributed by atoms with Gasteiger partial charge in [0.25, 0.3) is 5.91 Å². The van der Waals surface area contributed by atoms with Gasteiger partial charge in [-0.15, -0.1) is 13.2 Å². The number of alkyl halides is 3. The summed E-state index contributed by atoms with van der Waals surface area (Å²) in [6, 6.07) is 6.54. The molecule has 8 nitrogen and oxygen atoms in total. The van der Waals surface area contributed by atoms with E-state index in [1.165, 1.54) is 36.7 Å². The van der Waals surface area contributed by atoms with Crippen molar-refractivity contribution in [3.05, 3.63) is 66.0 Å². The molecule has 2 aromatic heterocycles. The molecule has 33 heavy (non-hydrogen) atoms. The maximum Gasteiger partial charge on any atom is 0.574 e. The third kappa shape index (κ3) is 6.21. The predicted octanol–water partition coefficient (Wildman–Crippen LogP) is 3.88. The highest BCUT2D eigenvalue weighted by atomic mass is 19.4. The fourth-order valence-electron chi connectivity index (χ4n) is 2.62. The minimum atomic E-state index is -4.86. The van der Waals surface area contributed by atoms with Gasteiger partial charge in [0.2, 0.25) is 5.88 Å². The van der Waals surface area contributed by atoms with E-state index < -0.39 is 24.0 Å². The largest absolute Gasteiger partial charge is 0.574 e. The average Bonchev–Trinajstić information content (AvgIpc) is 3.59. The summed E-state index contributed by atoms with van der Waals surface area (Å²) in [5.41, 5.74) is 2.73. The van der Waals surface area contributed by atoms with Crippen molar-refractivity contribution in [1.82, 2.24) is 20.4 Å². The summed E-state index contributed by atoms with van der Waals surface area (Å²) < 4.78 is 60.0. The van der Waals surface area contributed by atoms with Crippen molar-refractivity contribution in [3.8, 4) is 22.9 Å². The normalized spacial score (nSPS) is 13.7. The highest BCUT2D eigenvalue weighted by Gasteiger charge is 2.31. The predicted molar refractivity (Wildman–Crippen MR) is 107 cm³/mol. The molecule has 1 N–H and O–H groups in total. The van der Waals surface area contributed by atoms with Gasteiger partial charge < -0.3 is 9.47 Å². The van der Waals surface area contributed by atoms with Gasteiger partial charge in [-0.05, 0) is 37.1 Å². The molecule has 2 heterocycles. The molecule has 3 aromatic rings. The first-order valence-electron chi connectivity index (χ1n) is 9.61. The lowest BCUT2D eigenvalue weighted by molar-refractivity contribution is -0.276. The van der Waals surface area contributed by atoms with E-state index in [4.69, 9.17) is 4.74 Å². The highest BCUT2D eigenvalue weighted by molar-refractivity contribution is 5.93. The summed E-state index contributed by atoms with van der Waals surface area (Å²) in [7, 11) is 0. The van der Waals surface area contributed by atoms with Crippen LogP contribution in [0.15, 0.2) is 54.0 Å². The number of ether oxygens (including phenoxy) is 2. The number of aromatic nitrogens is 3. The Morgan fingerprint density at radius 2 is 1.97 bits per heavy atom. The zero-order valence-corrected chi connectivity index (χ0v) is 16.7. The zero-order valence-electron chi connectivity index (χ0n) is 16.7. The summed E-state index contributed by atoms with van der Waals surface area (Å²) in [5, 5.41) is 3.74. The third-order valence-electron chi connectivity index (χ3n) is 4.28. The Kier molecular flexibility index (Phi) is 6.16. The van der Waals surface area contributed by atoms with Gasteiger partial charge >= 0.3 is 6.36 Å². The molecule has 1 amide bonds. The lowest BCUT2D eigenvalue weighted by Crippen LogP contribution is -2.19. The van der Waals surface area contributed by atoms with Crippen LogP contribution in [0.4, 0.5) is 17.6 Å². The number of halogens is 4. The summed E-state index contributed by atoms with van der Waals surface area (Å²) in [6.07, 6.45) is 1.92. The summed E-state index contributed by atoms with van der Waals surface area (Å²) in [5.74, 6) is -1.40. The van der Waals surface area contributed by atoms with E-state index in [0.717, 1.165) is 31.3 Å². The maximum absolute atomic E-state index is 14.0. The van der Waals surface area contributed by atoms with E-state index in [1.54, 1.807) is 0 Å². The molecule has 12 heteroatoms. The topological polar surface area (TPSA) is 98.6 Å². The minimum absolute atomic E-state index is 0.119. The molecular weight excluding hydrogens is 446 g/mol. The Labute approximate surface area is 184 Å². The van der Waals surface area contributed by atoms with Crippen LogP contribution >= 0.6 is 0 Å². The fourth-order valence-corrected chi connectivity index (χ4v) is 2.62. The number of hydrogen-bond donors (Lipinski definition) is 1. The van der Waals surface area contributed by atoms with Crippen LogP contribution in [0.2, 0.25) is 0 Å². The first-order valence-corrected chi connectivity index (χ1v) is 9.61. The quantitative estimate of drug-likeness (QED) is 0.326. The number of hydrazone groups is 1. The van der Waals surface area contributed by atoms with Gasteiger partial charge in [0.15, 0.2) is 0 Å². The van der Waals surface area contributed by atoms with E-state index in [9.17, 15) is 22.4 Å². The van der Waals surface area contributed by atoms with E-state index in [2.05, 4.69) is 30.2 Å². The van der Waals surface area contributed by atoms with E-state index >= 15 is 0 Å². The molecule has 0 atom stereocenters. The molecule has 170 valence electrons. The molecule has 0 spiro atoms. The lowest BCUT2D eigenvalue weighted by atomic mass is 10.2. The van der Waals surface area contributed by atoms with Crippen molar-refractivity contribution in [2.24, 2.45) is 5.10 Å². The van der Waals surface area contributed by atoms with Crippen LogP contribution in [0.5, 0.6) is 11.6 Å². The first-order chi connectivity index (χ1) is 15.8. The van der Waals surface area contributed by atoms with Crippen molar-refractivity contribution >= 4 is 12.1 Å². The molecule has 1 aromatic carbocycles. The van der Waals surface area contributed by atoms with Crippen molar-refractivity contribution < 1.29 is 31.8 Å². The van der Waals surface area contributed by atoms with Gasteiger partial charge in [-0.25, -0.2) is 19.8 Å². The van der Waals surface area contributed by atoms with Crippen LogP contribution in [0.25, 0.3) is 11.3 Å². The summed E-state index contributed by atoms with van der Waals surface area (Å²) >= 11 is 0. The third-order valence-corrected chi connectivity index (χ3v) is 4.28. The Bertz CT molecular complexity index is 1180. The van der Waals surface area contributed by atoms with Gasteiger partial charge in [-0.2, -0.15) is 5.10 Å². The molecule has 1 saturated carbocycles. The minimum Gasteiger partial charge on any atom is -0.490 e. The Hall–Kier alpha value is -4.09. The molecule has 0 saturated heterocycles. The second-order valence-corrected chi connectivity index (χ2v) is 6.92. The van der Waals surface area contributed by atoms with Crippen LogP contribution in [0.1, 0.15) is 28.9 Å². The number of nitrogens with zero attached hydrogens (tertiary/aromatic N) is 4. The molecular formula is C21H15F4N5O3. The molecule has 0 unspecified atom stereocenters. The molecule has 1 aliphatic carbocycles. The monoisotopic (exact) mass is 461 g/mol. The Morgan fingerprint density at radius 1 is 1.15 bits per heavy atom. The van der Waals surface area contributed by atoms with Crippen LogP contribution in [-0.2, 0) is 0 Å². The van der Waals surface area contributed by atoms with Crippen LogP contribution in [0.3, 0.4) is 0 Å². The first kappa shape index (κ1) is 22.1. The van der Waals surface area contributed by atoms with Crippen LogP contribution < -0.4 is 14.9 Å². The van der Waals surface area contributed by atoms with E-state index in [1.807, 2.05) is 0 Å². The molecule has 1 fully saturated rings. The van der Waals surface area contributed by atoms with Crippen LogP contribution in [-0.4, -0.2) is 39.5 Å². The van der Waals surface area contributed by atoms with Gasteiger partial charge in [0.05, 0.1) is 30.4 Å². The van der Waals surface area contributed by atoms with Crippen molar-refractivity contribution in [2.75, 3.05) is 0 Å². The highest BCUT2D eigenvalue weighted by Crippen LogP contribution is 2.27. The van der Waals surface area contributed by atoms with Gasteiger partial charge in [-0.3, -0.25) is 9.78 Å². The van der Waals surface area contributed by atoms with E-state index in [-0.39, 0.29) is 23.1 Å². The Balaban J connectivity index is 1.42. The van der Waals surface area contributed by atoms with E-state index in [0.29, 0.717) is 11.3 Å². The van der Waals surface area contributed by atoms with Gasteiger partial charge in [0.1, 0.15) is 17.3 Å². The second-order valence-electron chi connectivity index (χ2n) is 6.92. The van der Waals surface area contributed by atoms with Crippen molar-refractivity contribution in [1.29, 1.82) is 0 Å². The molecule has 4 rings (SSSR count). The smallest absolute Gasteiger partial charge is 0.490 e. The maximum atomic E-state index is 14.0. The number of nitrogens with one attached hydrogen (secondary N) is 1. The summed E-state index contributed by atoms with van der Waals surface area (Å²) in [6.45, 7) is 0. The van der Waals surface area contributed by atoms with Gasteiger partial charge in [-0.1, -0.05) is 0 Å². The Morgan fingerprint density at radius 3 is 2.67 bits per heavy atom. The molecule has 0 radical (unpaired) electrons. The second kappa shape index (κ2) is 9.18. The molecule has 0 aliphatic heterocycles. The average molecular weight is 461 g/mol. The molecule has 1 aliphatic rings.